The fourth-order valence-corrected chi connectivity index (χ4v) is 2.47. The van der Waals surface area contributed by atoms with Crippen LogP contribution in [0.1, 0.15) is 25.7 Å². The summed E-state index contributed by atoms with van der Waals surface area (Å²) in [5.41, 5.74) is 0. The predicted molar refractivity (Wildman–Crippen MR) is 47.8 cm³/mol. The SMILES string of the molecule is NS(=O)CC1CCC(C2CC2)O1. The number of rotatable bonds is 3. The molecule has 1 aliphatic heterocycles. The lowest BCUT2D eigenvalue weighted by Crippen LogP contribution is -2.22. The van der Waals surface area contributed by atoms with E-state index in [4.69, 9.17) is 9.88 Å². The van der Waals surface area contributed by atoms with E-state index >= 15 is 0 Å². The minimum Gasteiger partial charge on any atom is -0.374 e. The molecule has 2 aliphatic rings. The normalized spacial score (nSPS) is 38.4. The molecule has 0 bridgehead atoms. The maximum absolute atomic E-state index is 10.7. The van der Waals surface area contributed by atoms with Gasteiger partial charge in [-0.05, 0) is 31.6 Å². The molecule has 3 unspecified atom stereocenters. The summed E-state index contributed by atoms with van der Waals surface area (Å²) >= 11 is 0. The minimum absolute atomic E-state index is 0.168. The van der Waals surface area contributed by atoms with E-state index in [1.807, 2.05) is 0 Å². The van der Waals surface area contributed by atoms with E-state index in [1.54, 1.807) is 0 Å². The lowest BCUT2D eigenvalue weighted by molar-refractivity contribution is 0.0450. The van der Waals surface area contributed by atoms with Gasteiger partial charge >= 0.3 is 0 Å². The van der Waals surface area contributed by atoms with Gasteiger partial charge in [-0.3, -0.25) is 5.14 Å². The molecule has 2 rings (SSSR count). The van der Waals surface area contributed by atoms with Gasteiger partial charge in [0.05, 0.1) is 28.9 Å². The van der Waals surface area contributed by atoms with Gasteiger partial charge in [-0.25, -0.2) is 4.21 Å². The van der Waals surface area contributed by atoms with E-state index in [-0.39, 0.29) is 6.10 Å². The van der Waals surface area contributed by atoms with Crippen LogP contribution in [-0.2, 0) is 15.7 Å². The van der Waals surface area contributed by atoms with Crippen molar-refractivity contribution in [1.29, 1.82) is 0 Å². The van der Waals surface area contributed by atoms with Crippen molar-refractivity contribution in [2.45, 2.75) is 37.9 Å². The third-order valence-electron chi connectivity index (χ3n) is 2.64. The highest BCUT2D eigenvalue weighted by Crippen LogP contribution is 2.40. The van der Waals surface area contributed by atoms with Gasteiger partial charge in [-0.2, -0.15) is 0 Å². The van der Waals surface area contributed by atoms with E-state index in [0.29, 0.717) is 11.9 Å². The molecule has 1 aliphatic carbocycles. The fourth-order valence-electron chi connectivity index (χ4n) is 1.85. The van der Waals surface area contributed by atoms with Gasteiger partial charge in [0.15, 0.2) is 0 Å². The van der Waals surface area contributed by atoms with Crippen molar-refractivity contribution in [1.82, 2.24) is 0 Å². The molecule has 1 saturated heterocycles. The van der Waals surface area contributed by atoms with E-state index in [2.05, 4.69) is 0 Å². The zero-order valence-electron chi connectivity index (χ0n) is 7.07. The van der Waals surface area contributed by atoms with Crippen LogP contribution in [0.15, 0.2) is 0 Å². The van der Waals surface area contributed by atoms with Crippen molar-refractivity contribution in [3.05, 3.63) is 0 Å². The lowest BCUT2D eigenvalue weighted by atomic mass is 10.1. The molecular formula is C8H15NO2S. The van der Waals surface area contributed by atoms with Gasteiger partial charge in [0.25, 0.3) is 0 Å². The second kappa shape index (κ2) is 3.44. The molecular weight excluding hydrogens is 174 g/mol. The van der Waals surface area contributed by atoms with Crippen molar-refractivity contribution >= 4 is 11.0 Å². The summed E-state index contributed by atoms with van der Waals surface area (Å²) in [6.45, 7) is 0. The Hall–Kier alpha value is 0.0700. The van der Waals surface area contributed by atoms with Crippen molar-refractivity contribution in [2.75, 3.05) is 5.75 Å². The Morgan fingerprint density at radius 2 is 2.08 bits per heavy atom. The number of ether oxygens (including phenoxy) is 1. The summed E-state index contributed by atoms with van der Waals surface area (Å²) in [6.07, 6.45) is 5.46. The Labute approximate surface area is 75.2 Å². The monoisotopic (exact) mass is 189 g/mol. The van der Waals surface area contributed by atoms with Crippen LogP contribution in [0.5, 0.6) is 0 Å². The molecule has 70 valence electrons. The molecule has 2 N–H and O–H groups in total. The third-order valence-corrected chi connectivity index (χ3v) is 3.34. The van der Waals surface area contributed by atoms with Crippen molar-refractivity contribution < 1.29 is 8.95 Å². The molecule has 1 heterocycles. The summed E-state index contributed by atoms with van der Waals surface area (Å²) in [4.78, 5) is 0. The van der Waals surface area contributed by atoms with Gasteiger partial charge in [0.1, 0.15) is 0 Å². The standard InChI is InChI=1S/C8H15NO2S/c9-12(10)5-7-3-4-8(11-7)6-1-2-6/h6-8H,1-5,9H2. The number of nitrogens with two attached hydrogens (primary N) is 1. The first-order valence-corrected chi connectivity index (χ1v) is 5.92. The van der Waals surface area contributed by atoms with Gasteiger partial charge < -0.3 is 4.74 Å². The summed E-state index contributed by atoms with van der Waals surface area (Å²) in [7, 11) is -1.19. The van der Waals surface area contributed by atoms with Gasteiger partial charge in [-0.15, -0.1) is 0 Å². The second-order valence-electron chi connectivity index (χ2n) is 3.76. The molecule has 1 saturated carbocycles. The van der Waals surface area contributed by atoms with E-state index in [1.165, 1.54) is 12.8 Å². The maximum Gasteiger partial charge on any atom is 0.0914 e. The fraction of sp³-hybridized carbons (Fsp3) is 1.00. The Bertz CT molecular complexity index is 193. The summed E-state index contributed by atoms with van der Waals surface area (Å²) in [6, 6.07) is 0. The van der Waals surface area contributed by atoms with E-state index in [9.17, 15) is 4.21 Å². The molecule has 12 heavy (non-hydrogen) atoms. The first-order chi connectivity index (χ1) is 5.75. The summed E-state index contributed by atoms with van der Waals surface area (Å²) in [5, 5.41) is 5.20. The molecule has 0 aromatic carbocycles. The average molecular weight is 189 g/mol. The first-order valence-electron chi connectivity index (χ1n) is 4.54. The van der Waals surface area contributed by atoms with E-state index < -0.39 is 11.0 Å². The van der Waals surface area contributed by atoms with Crippen LogP contribution < -0.4 is 5.14 Å². The van der Waals surface area contributed by atoms with Crippen LogP contribution in [0.25, 0.3) is 0 Å². The molecule has 0 aromatic heterocycles. The Balaban J connectivity index is 1.77. The Morgan fingerprint density at radius 1 is 1.33 bits per heavy atom. The van der Waals surface area contributed by atoms with Gasteiger partial charge in [0, 0.05) is 0 Å². The quantitative estimate of drug-likeness (QED) is 0.705. The largest absolute Gasteiger partial charge is 0.374 e. The van der Waals surface area contributed by atoms with Crippen LogP contribution in [-0.4, -0.2) is 22.2 Å². The molecule has 0 aromatic rings. The van der Waals surface area contributed by atoms with Crippen LogP contribution in [0, 0.1) is 5.92 Å². The van der Waals surface area contributed by atoms with Crippen LogP contribution in [0.2, 0.25) is 0 Å². The topological polar surface area (TPSA) is 52.3 Å². The van der Waals surface area contributed by atoms with Gasteiger partial charge in [0.2, 0.25) is 0 Å². The highest BCUT2D eigenvalue weighted by atomic mass is 32.2. The van der Waals surface area contributed by atoms with Crippen LogP contribution >= 0.6 is 0 Å². The average Bonchev–Trinajstić information content (AvgIpc) is 2.73. The molecule has 0 amide bonds. The zero-order chi connectivity index (χ0) is 8.55. The number of hydrogen-bond donors (Lipinski definition) is 1. The molecule has 0 radical (unpaired) electrons. The lowest BCUT2D eigenvalue weighted by Gasteiger charge is -2.10. The second-order valence-corrected chi connectivity index (χ2v) is 4.85. The smallest absolute Gasteiger partial charge is 0.0914 e. The van der Waals surface area contributed by atoms with Crippen molar-refractivity contribution in [2.24, 2.45) is 11.1 Å². The number of hydrogen-bond acceptors (Lipinski definition) is 2. The molecule has 4 heteroatoms. The Kier molecular flexibility index (Phi) is 2.48. The van der Waals surface area contributed by atoms with Crippen LogP contribution in [0.4, 0.5) is 0 Å². The minimum atomic E-state index is -1.19. The first kappa shape index (κ1) is 8.66. The zero-order valence-corrected chi connectivity index (χ0v) is 7.89. The summed E-state index contributed by atoms with van der Waals surface area (Å²) in [5.74, 6) is 1.32. The molecule has 3 atom stereocenters. The predicted octanol–water partition coefficient (Wildman–Crippen LogP) is 0.566. The highest BCUT2D eigenvalue weighted by molar-refractivity contribution is 7.82. The maximum atomic E-state index is 10.7. The van der Waals surface area contributed by atoms with Crippen molar-refractivity contribution in [3.63, 3.8) is 0 Å². The molecule has 3 nitrogen and oxygen atoms in total. The third kappa shape index (κ3) is 2.06. The van der Waals surface area contributed by atoms with Gasteiger partial charge in [-0.1, -0.05) is 0 Å². The summed E-state index contributed by atoms with van der Waals surface area (Å²) < 4.78 is 16.4. The molecule has 2 fully saturated rings. The van der Waals surface area contributed by atoms with E-state index in [0.717, 1.165) is 18.8 Å². The Morgan fingerprint density at radius 3 is 2.67 bits per heavy atom. The molecule has 0 spiro atoms. The van der Waals surface area contributed by atoms with Crippen LogP contribution in [0.3, 0.4) is 0 Å². The highest BCUT2D eigenvalue weighted by Gasteiger charge is 2.37. The van der Waals surface area contributed by atoms with Crippen molar-refractivity contribution in [3.8, 4) is 0 Å².